The molecule has 2 heterocycles. The number of thiophene rings is 1. The molecular formula is C19H21N5O3S2. The summed E-state index contributed by atoms with van der Waals surface area (Å²) in [5, 5.41) is 11.8. The summed E-state index contributed by atoms with van der Waals surface area (Å²) in [6.07, 6.45) is -0.437. The number of nitrogens with zero attached hydrogens (tertiary/aromatic N) is 3. The van der Waals surface area contributed by atoms with E-state index in [1.54, 1.807) is 49.7 Å². The zero-order valence-corrected chi connectivity index (χ0v) is 17.8. The molecule has 0 saturated carbocycles. The van der Waals surface area contributed by atoms with Gasteiger partial charge < -0.3 is 10.1 Å². The molecule has 2 amide bonds. The summed E-state index contributed by atoms with van der Waals surface area (Å²) < 4.78 is 7.05. The predicted octanol–water partition coefficient (Wildman–Crippen LogP) is 4.46. The third kappa shape index (κ3) is 4.54. The first kappa shape index (κ1) is 20.7. The fourth-order valence-electron chi connectivity index (χ4n) is 2.70. The van der Waals surface area contributed by atoms with Crippen LogP contribution in [0.5, 0.6) is 0 Å². The predicted molar refractivity (Wildman–Crippen MR) is 116 cm³/mol. The van der Waals surface area contributed by atoms with Crippen LogP contribution in [-0.2, 0) is 9.53 Å². The zero-order chi connectivity index (χ0) is 21.0. The normalized spacial score (nSPS) is 11.7. The summed E-state index contributed by atoms with van der Waals surface area (Å²) in [5.74, 6) is 0.394. The molecule has 1 unspecified atom stereocenters. The van der Waals surface area contributed by atoms with Gasteiger partial charge in [-0.25, -0.2) is 4.79 Å². The van der Waals surface area contributed by atoms with Crippen molar-refractivity contribution in [3.8, 4) is 10.7 Å². The van der Waals surface area contributed by atoms with Gasteiger partial charge in [0.2, 0.25) is 5.91 Å². The standard InChI is InChI=1S/C19H21N5O3S2/c1-4-27-19(26)23(3)14-9-7-13(8-10-14)20-17(25)12(2)24-16(21-22-18(24)28)15-6-5-11-29-15/h5-12H,4H2,1-3H3,(H,20,25)(H,22,28). The molecule has 0 radical (unpaired) electrons. The van der Waals surface area contributed by atoms with Crippen LogP contribution in [-0.4, -0.2) is 40.4 Å². The summed E-state index contributed by atoms with van der Waals surface area (Å²) >= 11 is 6.84. The maximum Gasteiger partial charge on any atom is 0.413 e. The molecule has 0 aliphatic heterocycles. The lowest BCUT2D eigenvalue weighted by Crippen LogP contribution is -2.27. The number of anilines is 2. The van der Waals surface area contributed by atoms with Gasteiger partial charge in [-0.1, -0.05) is 6.07 Å². The van der Waals surface area contributed by atoms with Gasteiger partial charge in [0, 0.05) is 18.4 Å². The van der Waals surface area contributed by atoms with Crippen LogP contribution in [0.2, 0.25) is 0 Å². The second-order valence-corrected chi connectivity index (χ2v) is 7.50. The van der Waals surface area contributed by atoms with Crippen LogP contribution in [0.15, 0.2) is 41.8 Å². The van der Waals surface area contributed by atoms with E-state index < -0.39 is 12.1 Å². The van der Waals surface area contributed by atoms with Gasteiger partial charge in [0.25, 0.3) is 0 Å². The minimum atomic E-state index is -0.569. The Hall–Kier alpha value is -2.98. The summed E-state index contributed by atoms with van der Waals surface area (Å²) in [6, 6.07) is 10.2. The Balaban J connectivity index is 1.73. The van der Waals surface area contributed by atoms with E-state index in [-0.39, 0.29) is 5.91 Å². The first-order valence-electron chi connectivity index (χ1n) is 8.94. The number of rotatable bonds is 6. The number of H-pyrrole nitrogens is 1. The van der Waals surface area contributed by atoms with Crippen molar-refractivity contribution in [1.82, 2.24) is 14.8 Å². The molecule has 0 aliphatic rings. The van der Waals surface area contributed by atoms with E-state index in [4.69, 9.17) is 17.0 Å². The molecule has 1 atom stereocenters. The van der Waals surface area contributed by atoms with Crippen LogP contribution in [0.25, 0.3) is 10.7 Å². The Morgan fingerprint density at radius 3 is 2.69 bits per heavy atom. The molecule has 2 N–H and O–H groups in total. The van der Waals surface area contributed by atoms with Crippen LogP contribution in [0.1, 0.15) is 19.9 Å². The van der Waals surface area contributed by atoms with E-state index in [0.29, 0.717) is 28.6 Å². The Morgan fingerprint density at radius 1 is 1.34 bits per heavy atom. The zero-order valence-electron chi connectivity index (χ0n) is 16.2. The van der Waals surface area contributed by atoms with Crippen molar-refractivity contribution >= 4 is 46.9 Å². The first-order valence-corrected chi connectivity index (χ1v) is 10.2. The lowest BCUT2D eigenvalue weighted by Gasteiger charge is -2.18. The molecule has 3 aromatic rings. The van der Waals surface area contributed by atoms with Gasteiger partial charge in [0.15, 0.2) is 10.6 Å². The summed E-state index contributed by atoms with van der Waals surface area (Å²) in [7, 11) is 1.63. The minimum absolute atomic E-state index is 0.230. The molecular weight excluding hydrogens is 410 g/mol. The minimum Gasteiger partial charge on any atom is -0.449 e. The van der Waals surface area contributed by atoms with E-state index in [0.717, 1.165) is 4.88 Å². The Kier molecular flexibility index (Phi) is 6.45. The van der Waals surface area contributed by atoms with E-state index in [1.165, 1.54) is 16.2 Å². The third-order valence-corrected chi connectivity index (χ3v) is 5.43. The van der Waals surface area contributed by atoms with E-state index >= 15 is 0 Å². The number of carbonyl (C=O) groups excluding carboxylic acids is 2. The fourth-order valence-corrected chi connectivity index (χ4v) is 3.70. The quantitative estimate of drug-likeness (QED) is 0.562. The number of hydrogen-bond acceptors (Lipinski definition) is 6. The molecule has 1 aromatic carbocycles. The molecule has 0 bridgehead atoms. The van der Waals surface area contributed by atoms with Gasteiger partial charge in [-0.3, -0.25) is 19.4 Å². The summed E-state index contributed by atoms with van der Waals surface area (Å²) in [5.41, 5.74) is 1.27. The maximum absolute atomic E-state index is 12.8. The Labute approximate surface area is 177 Å². The van der Waals surface area contributed by atoms with Crippen LogP contribution < -0.4 is 10.2 Å². The number of ether oxygens (including phenoxy) is 1. The molecule has 152 valence electrons. The highest BCUT2D eigenvalue weighted by Crippen LogP contribution is 2.26. The maximum atomic E-state index is 12.8. The van der Waals surface area contributed by atoms with Crippen LogP contribution in [0.4, 0.5) is 16.2 Å². The van der Waals surface area contributed by atoms with Gasteiger partial charge in [-0.05, 0) is 61.8 Å². The van der Waals surface area contributed by atoms with Crippen molar-refractivity contribution < 1.29 is 14.3 Å². The van der Waals surface area contributed by atoms with E-state index in [9.17, 15) is 9.59 Å². The number of amides is 2. The molecule has 29 heavy (non-hydrogen) atoms. The number of aromatic amines is 1. The molecule has 3 rings (SSSR count). The fraction of sp³-hybridized carbons (Fsp3) is 0.263. The lowest BCUT2D eigenvalue weighted by molar-refractivity contribution is -0.118. The Bertz CT molecular complexity index is 1040. The van der Waals surface area contributed by atoms with Crippen LogP contribution in [0.3, 0.4) is 0 Å². The molecule has 0 saturated heterocycles. The van der Waals surface area contributed by atoms with Crippen molar-refractivity contribution in [3.63, 3.8) is 0 Å². The van der Waals surface area contributed by atoms with E-state index in [2.05, 4.69) is 15.5 Å². The molecule has 2 aromatic heterocycles. The second-order valence-electron chi connectivity index (χ2n) is 6.17. The molecule has 10 heteroatoms. The summed E-state index contributed by atoms with van der Waals surface area (Å²) in [4.78, 5) is 26.9. The van der Waals surface area contributed by atoms with Crippen molar-refractivity contribution in [2.75, 3.05) is 23.9 Å². The number of carbonyl (C=O) groups is 2. The van der Waals surface area contributed by atoms with Crippen molar-refractivity contribution in [2.45, 2.75) is 19.9 Å². The number of aromatic nitrogens is 3. The average molecular weight is 432 g/mol. The van der Waals surface area contributed by atoms with Gasteiger partial charge in [0.1, 0.15) is 6.04 Å². The molecule has 0 spiro atoms. The largest absolute Gasteiger partial charge is 0.449 e. The van der Waals surface area contributed by atoms with Crippen molar-refractivity contribution in [1.29, 1.82) is 0 Å². The highest BCUT2D eigenvalue weighted by molar-refractivity contribution is 7.71. The topological polar surface area (TPSA) is 92.2 Å². The number of hydrogen-bond donors (Lipinski definition) is 2. The first-order chi connectivity index (χ1) is 13.9. The van der Waals surface area contributed by atoms with Gasteiger partial charge >= 0.3 is 6.09 Å². The lowest BCUT2D eigenvalue weighted by atomic mass is 10.2. The molecule has 0 fully saturated rings. The molecule has 8 nitrogen and oxygen atoms in total. The van der Waals surface area contributed by atoms with Crippen molar-refractivity contribution in [2.24, 2.45) is 0 Å². The number of nitrogens with one attached hydrogen (secondary N) is 2. The van der Waals surface area contributed by atoms with Crippen molar-refractivity contribution in [3.05, 3.63) is 46.5 Å². The Morgan fingerprint density at radius 2 is 2.07 bits per heavy atom. The SMILES string of the molecule is CCOC(=O)N(C)c1ccc(NC(=O)C(C)n2c(-c3cccs3)n[nH]c2=S)cc1. The second kappa shape index (κ2) is 9.01. The molecule has 0 aliphatic carbocycles. The summed E-state index contributed by atoms with van der Waals surface area (Å²) in [6.45, 7) is 3.82. The highest BCUT2D eigenvalue weighted by atomic mass is 32.1. The monoisotopic (exact) mass is 431 g/mol. The van der Waals surface area contributed by atoms with Gasteiger partial charge in [-0.2, -0.15) is 5.10 Å². The van der Waals surface area contributed by atoms with E-state index in [1.807, 2.05) is 17.5 Å². The van der Waals surface area contributed by atoms with Gasteiger partial charge in [-0.15, -0.1) is 11.3 Å². The average Bonchev–Trinajstić information content (AvgIpc) is 3.37. The smallest absolute Gasteiger partial charge is 0.413 e. The third-order valence-electron chi connectivity index (χ3n) is 4.28. The van der Waals surface area contributed by atoms with Crippen LogP contribution >= 0.6 is 23.6 Å². The van der Waals surface area contributed by atoms with Gasteiger partial charge in [0.05, 0.1) is 11.5 Å². The number of benzene rings is 1. The highest BCUT2D eigenvalue weighted by Gasteiger charge is 2.21. The van der Waals surface area contributed by atoms with Crippen LogP contribution in [0, 0.1) is 4.77 Å².